The number of likely N-dealkylation sites (N-methyl/N-ethyl adjacent to an activating group) is 4. The number of rotatable bonds is 11. The first-order valence-corrected chi connectivity index (χ1v) is 37.9. The average molecular weight is 1540 g/mol. The van der Waals surface area contributed by atoms with Crippen molar-refractivity contribution >= 4 is 105 Å². The summed E-state index contributed by atoms with van der Waals surface area (Å²) in [6.07, 6.45) is 0.0705. The van der Waals surface area contributed by atoms with E-state index >= 15 is 9.59 Å². The minimum Gasteiger partial charge on any atom is -0.458 e. The molecule has 0 aromatic heterocycles. The van der Waals surface area contributed by atoms with Gasteiger partial charge >= 0.3 is 11.9 Å². The van der Waals surface area contributed by atoms with Crippen LogP contribution in [0.2, 0.25) is 0 Å². The summed E-state index contributed by atoms with van der Waals surface area (Å²) >= 11 is 0. The van der Waals surface area contributed by atoms with Crippen molar-refractivity contribution in [2.45, 2.75) is 221 Å². The van der Waals surface area contributed by atoms with E-state index in [2.05, 4.69) is 33.5 Å². The third-order valence-corrected chi connectivity index (χ3v) is 22.1. The Bertz CT molecular complexity index is 4140. The molecule has 14 atom stereocenters. The van der Waals surface area contributed by atoms with Gasteiger partial charge in [-0.25, -0.2) is 14.6 Å². The van der Waals surface area contributed by atoms with Gasteiger partial charge in [0.1, 0.15) is 77.5 Å². The summed E-state index contributed by atoms with van der Waals surface area (Å²) < 4.78 is 18.3. The monoisotopic (exact) mass is 1540 g/mol. The zero-order valence-electron chi connectivity index (χ0n) is 66.2. The number of amides is 12. The minimum absolute atomic E-state index is 0.00492. The fourth-order valence-corrected chi connectivity index (χ4v) is 15.9. The number of nitrogens with one attached hydrogen (secondary N) is 5. The van der Waals surface area contributed by atoms with Gasteiger partial charge in [0.25, 0.3) is 11.8 Å². The number of ketones is 1. The lowest BCUT2D eigenvalue weighted by Crippen LogP contribution is -2.61. The number of aliphatic hydroxyl groups is 1. The number of esters is 2. The number of fused-ring (bicyclic) bond motifs is 4. The van der Waals surface area contributed by atoms with Crippen LogP contribution in [-0.4, -0.2) is 249 Å². The number of aromatic nitrogens is 1. The van der Waals surface area contributed by atoms with Gasteiger partial charge in [-0.05, 0) is 120 Å². The molecule has 2 aliphatic carbocycles. The maximum Gasteiger partial charge on any atom is 0.329 e. The van der Waals surface area contributed by atoms with E-state index in [0.717, 1.165) is 16.2 Å². The molecule has 0 radical (unpaired) electrons. The quantitative estimate of drug-likeness (QED) is 0.0622. The second-order valence-electron chi connectivity index (χ2n) is 32.1. The van der Waals surface area contributed by atoms with Crippen LogP contribution in [0.15, 0.2) is 21.3 Å². The number of hydrogen-bond donors (Lipinski definition) is 7. The topological polar surface area (TPSA) is 443 Å². The lowest BCUT2D eigenvalue weighted by molar-refractivity contribution is -0.163. The molecule has 110 heavy (non-hydrogen) atoms. The summed E-state index contributed by atoms with van der Waals surface area (Å²) in [5.74, 6) is -12.9. The number of nitrogens with two attached hydrogens (primary N) is 1. The van der Waals surface area contributed by atoms with Crippen molar-refractivity contribution in [1.82, 2.24) is 61.0 Å². The molecule has 6 aliphatic heterocycles. The number of anilines is 1. The number of carbonyl (C=O) groups excluding carboxylic acids is 15. The molecule has 1 saturated carbocycles. The van der Waals surface area contributed by atoms with Crippen LogP contribution < -0.4 is 37.7 Å². The van der Waals surface area contributed by atoms with Crippen LogP contribution in [0.1, 0.15) is 173 Å². The molecular formula is C77H109N13O20. The Labute approximate surface area is 639 Å². The highest BCUT2D eigenvalue weighted by atomic mass is 16.6. The van der Waals surface area contributed by atoms with E-state index in [1.165, 1.54) is 80.7 Å². The molecule has 12 amide bonds. The van der Waals surface area contributed by atoms with Crippen molar-refractivity contribution in [3.05, 3.63) is 44.6 Å². The van der Waals surface area contributed by atoms with Gasteiger partial charge in [0.05, 0.1) is 36.0 Å². The van der Waals surface area contributed by atoms with Crippen LogP contribution in [0.5, 0.6) is 0 Å². The Morgan fingerprint density at radius 1 is 0.627 bits per heavy atom. The van der Waals surface area contributed by atoms with Gasteiger partial charge in [0, 0.05) is 71.5 Å². The highest BCUT2D eigenvalue weighted by Crippen LogP contribution is 2.37. The Hall–Kier alpha value is -9.95. The van der Waals surface area contributed by atoms with E-state index in [1.807, 2.05) is 6.92 Å². The first-order valence-electron chi connectivity index (χ1n) is 37.9. The molecule has 8 aliphatic rings. The molecule has 602 valence electrons. The first kappa shape index (κ1) is 85.7. The normalized spacial score (nSPS) is 27.6. The van der Waals surface area contributed by atoms with E-state index in [9.17, 15) is 72.2 Å². The Morgan fingerprint density at radius 2 is 1.08 bits per heavy atom. The van der Waals surface area contributed by atoms with Crippen molar-refractivity contribution in [1.29, 1.82) is 0 Å². The predicted octanol–water partition coefficient (Wildman–Crippen LogP) is 1.77. The van der Waals surface area contributed by atoms with Gasteiger partial charge in [-0.1, -0.05) is 75.3 Å². The van der Waals surface area contributed by atoms with Crippen LogP contribution >= 0.6 is 0 Å². The standard InChI is InChI=1S/C62H86N12O16.C15H23NO4/c1-27(2)42-59(84)73-23-17-19-36(73)57(82)69(13)25-38(75)71(15)48(29(5)6)61(86)88-33(11)44(55(80)65-42)67-53(78)35-22-21-31(9)51-46(35)64-47-40(41(63)50(77)32(10)52(47)90-51)54(79)68-45-34(12)89-62(87)49(30(7)8)72(16)39(76)26-70(14)58(83)37-20-18-24-74(37)60(85)43(28(3)4)66-56(45)81;1-8-3-9(2)15(20)11(4-8)12(17)5-10-6-13(18)16-14(19)7-10/h21-22,27-30,33-34,36-37,42-45,48-49H,17-20,23-26,63H2,1-16H3,(H,65,80)(H,66,81)(H,67,78)(H,68,79);8-12,17H,3-7H2,1-2H3,(H,16,18,19)/t33-,34-,36+,37+,42-,43-,44+,45+,48+,49+;8-,9-,11-,12+/m10/s1. The number of cyclic esters (lactones) is 2. The fourth-order valence-electron chi connectivity index (χ4n) is 15.9. The van der Waals surface area contributed by atoms with Gasteiger partial charge in [-0.2, -0.15) is 0 Å². The number of aryl methyl sites for hydroxylation is 1. The molecule has 0 bridgehead atoms. The number of nitrogen functional groups attached to an aromatic ring is 1. The van der Waals surface area contributed by atoms with Crippen LogP contribution in [0, 0.1) is 61.2 Å². The predicted molar refractivity (Wildman–Crippen MR) is 398 cm³/mol. The lowest BCUT2D eigenvalue weighted by atomic mass is 9.71. The smallest absolute Gasteiger partial charge is 0.329 e. The number of benzene rings is 2. The highest BCUT2D eigenvalue weighted by molar-refractivity contribution is 6.11. The Morgan fingerprint density at radius 3 is 1.53 bits per heavy atom. The molecule has 1 aromatic rings. The highest BCUT2D eigenvalue weighted by Gasteiger charge is 2.48. The third kappa shape index (κ3) is 18.6. The number of imide groups is 1. The molecule has 5 saturated heterocycles. The molecule has 6 fully saturated rings. The maximum atomic E-state index is 15.2. The van der Waals surface area contributed by atoms with Gasteiger partial charge in [-0.3, -0.25) is 72.4 Å². The van der Waals surface area contributed by atoms with Crippen LogP contribution in [-0.2, 0) is 71.8 Å². The lowest BCUT2D eigenvalue weighted by Gasteiger charge is -2.36. The summed E-state index contributed by atoms with van der Waals surface area (Å²) in [7, 11) is 5.59. The van der Waals surface area contributed by atoms with Gasteiger partial charge in [0.15, 0.2) is 11.3 Å². The summed E-state index contributed by atoms with van der Waals surface area (Å²) in [5, 5.41) is 23.3. The molecule has 1 aromatic carbocycles. The summed E-state index contributed by atoms with van der Waals surface area (Å²) in [4.78, 5) is 234. The van der Waals surface area contributed by atoms with Crippen LogP contribution in [0.25, 0.3) is 22.6 Å². The van der Waals surface area contributed by atoms with E-state index < -0.39 is 197 Å². The van der Waals surface area contributed by atoms with Crippen molar-refractivity contribution in [3.63, 3.8) is 0 Å². The number of ether oxygens (including phenoxy) is 2. The zero-order valence-corrected chi connectivity index (χ0v) is 66.2. The molecule has 8 N–H and O–H groups in total. The number of nitrogens with zero attached hydrogens (tertiary/aromatic N) is 7. The molecule has 6 heterocycles. The van der Waals surface area contributed by atoms with Crippen LogP contribution in [0.3, 0.4) is 0 Å². The Balaban J connectivity index is 0.000000654. The summed E-state index contributed by atoms with van der Waals surface area (Å²) in [6.45, 7) is 22.4. The minimum atomic E-state index is -1.88. The van der Waals surface area contributed by atoms with Crippen molar-refractivity contribution < 1.29 is 90.9 Å². The molecule has 0 unspecified atom stereocenters. The van der Waals surface area contributed by atoms with Crippen molar-refractivity contribution in [3.8, 4) is 11.5 Å². The molecule has 33 nitrogen and oxygen atoms in total. The number of aliphatic hydroxyl groups excluding tert-OH is 1. The number of piperidine rings is 1. The van der Waals surface area contributed by atoms with E-state index in [-0.39, 0.29) is 102 Å². The second-order valence-corrected chi connectivity index (χ2v) is 32.1. The van der Waals surface area contributed by atoms with Crippen LogP contribution in [0.4, 0.5) is 5.69 Å². The number of hydrogen-bond acceptors (Lipinski definition) is 22. The van der Waals surface area contributed by atoms with E-state index in [1.54, 1.807) is 62.3 Å². The van der Waals surface area contributed by atoms with Crippen molar-refractivity contribution in [2.75, 3.05) is 60.1 Å². The second kappa shape index (κ2) is 35.4. The molecule has 9 rings (SSSR count). The van der Waals surface area contributed by atoms with Crippen molar-refractivity contribution in [2.24, 2.45) is 47.3 Å². The summed E-state index contributed by atoms with van der Waals surface area (Å²) in [5.41, 5.74) is 3.57. The molecule has 0 spiro atoms. The van der Waals surface area contributed by atoms with E-state index in [4.69, 9.17) is 24.6 Å². The number of carbonyl (C=O) groups is 15. The van der Waals surface area contributed by atoms with E-state index in [0.29, 0.717) is 37.2 Å². The number of Topliss-reactive ketones (excluding diaryl/α,β-unsaturated/α-hetero) is 1. The largest absolute Gasteiger partial charge is 0.458 e. The summed E-state index contributed by atoms with van der Waals surface area (Å²) in [6, 6.07) is -7.90. The SMILES string of the molecule is C[C@@H]1C[C@@H]([C@H](O)CC2CC(=O)NC(=O)C2)C(=O)[C@@H](C)C1.Cc1c2oc3c(C)ccc(C(=O)N[C@@H]4C(=O)N[C@H](C(C)C)C(=O)N5CCC[C@H]5C(=O)N(C)CC(=O)N(C)[C@@H](C(C)C)C(=O)O[C@@H]4C)c3nc-2c(C(=O)N[C@@H]2C(=O)N[C@H](C(C)C)C(=O)N3CCC[C@H]3C(=O)N(C)CC(=O)N(C)[C@@H](C(C)C)C(=O)O[C@@H]2C)c(N)c1=O. The molecule has 33 heteroatoms. The maximum absolute atomic E-state index is 15.2. The third-order valence-electron chi connectivity index (χ3n) is 22.1. The van der Waals surface area contributed by atoms with Gasteiger partial charge in [0.2, 0.25) is 64.5 Å². The Kier molecular flexibility index (Phi) is 27.6. The average Bonchev–Trinajstić information content (AvgIpc) is 0.884. The molecular weight excluding hydrogens is 1430 g/mol. The van der Waals surface area contributed by atoms with Gasteiger partial charge < -0.3 is 75.4 Å². The first-order chi connectivity index (χ1) is 51.5. The van der Waals surface area contributed by atoms with Gasteiger partial charge in [-0.15, -0.1) is 0 Å². The fraction of sp³-hybridized carbons (Fsp3) is 0.649. The zero-order chi connectivity index (χ0) is 81.8.